The van der Waals surface area contributed by atoms with E-state index < -0.39 is 62.5 Å². The number of nitrogens with zero attached hydrogens (tertiary/aromatic N) is 8. The number of thioether (sulfide) groups is 1. The minimum absolute atomic E-state index is 0.0310. The van der Waals surface area contributed by atoms with Crippen molar-refractivity contribution < 1.29 is 37.0 Å². The van der Waals surface area contributed by atoms with Gasteiger partial charge in [-0.3, -0.25) is 14.3 Å². The highest BCUT2D eigenvalue weighted by Crippen LogP contribution is 2.68. The van der Waals surface area contributed by atoms with Gasteiger partial charge in [0.1, 0.15) is 37.1 Å². The van der Waals surface area contributed by atoms with Crippen LogP contribution in [0.1, 0.15) is 18.0 Å². The minimum atomic E-state index is -3.96. The number of nitrogens with two attached hydrogens (primary N) is 2. The van der Waals surface area contributed by atoms with E-state index in [1.165, 1.54) is 18.1 Å². The molecule has 7 heterocycles. The molecule has 3 aliphatic heterocycles. The van der Waals surface area contributed by atoms with Crippen LogP contribution in [0.5, 0.6) is 0 Å². The number of rotatable bonds is 2. The second kappa shape index (κ2) is 11.4. The molecule has 3 saturated heterocycles. The van der Waals surface area contributed by atoms with Crippen molar-refractivity contribution in [3.05, 3.63) is 23.0 Å². The molecular formula is C19H24FN11O8P2S3+2. The zero-order valence-electron chi connectivity index (χ0n) is 22.0. The van der Waals surface area contributed by atoms with E-state index >= 15 is 4.39 Å². The molecule has 0 aromatic carbocycles. The maximum Gasteiger partial charge on any atom is 0.475 e. The number of thiol groups is 2. The Morgan fingerprint density at radius 3 is 2.66 bits per heavy atom. The standard InChI is InChI=1S/C19H23FN11O8P2S3/c20-9-12-8(37-17(9)31-14-10(28-29-31)13(21)23-4-24-14)3-36-40(33,42)38-7-1-6(2-35-41(34,43)39-12)44-18(7)30-5-25-11-15(30)26-19(22)27-16(11)32/h4-9,12,17-18,33-34,42-43H,1-3H2,(H4-,21,22,23,24,26,27,29,32)/q+1/p+1/t6-,7+,8+,9-,12+,17+,18+,40?,41?/m0/s1. The van der Waals surface area contributed by atoms with Crippen molar-refractivity contribution >= 4 is 84.6 Å². The lowest BCUT2D eigenvalue weighted by Crippen LogP contribution is -2.34. The largest absolute Gasteiger partial charge is 0.475 e. The van der Waals surface area contributed by atoms with Gasteiger partial charge in [-0.05, 0) is 6.42 Å². The summed E-state index contributed by atoms with van der Waals surface area (Å²) in [7, 11) is -7.86. The first-order valence-electron chi connectivity index (χ1n) is 12.7. The first kappa shape index (κ1) is 30.6. The Bertz CT molecular complexity index is 1780. The number of fused-ring (bicyclic) bond motifs is 5. The van der Waals surface area contributed by atoms with Gasteiger partial charge in [0.15, 0.2) is 46.6 Å². The number of nitrogen functional groups attached to an aromatic ring is 2. The molecule has 7 rings (SSSR count). The maximum absolute atomic E-state index is 16.0. The van der Waals surface area contributed by atoms with Gasteiger partial charge in [0, 0.05) is 5.25 Å². The first-order chi connectivity index (χ1) is 20.9. The predicted molar refractivity (Wildman–Crippen MR) is 162 cm³/mol. The highest BCUT2D eigenvalue weighted by Gasteiger charge is 2.58. The summed E-state index contributed by atoms with van der Waals surface area (Å²) in [5.41, 5.74) is 11.5. The number of H-pyrrole nitrogens is 1. The summed E-state index contributed by atoms with van der Waals surface area (Å²) in [5, 5.41) is 6.85. The van der Waals surface area contributed by atoms with Crippen LogP contribution in [-0.2, 0) is 22.8 Å². The number of hydrogen-bond donors (Lipinski definition) is 7. The molecule has 3 aliphatic rings. The highest BCUT2D eigenvalue weighted by atomic mass is 32.7. The zero-order chi connectivity index (χ0) is 31.0. The Balaban J connectivity index is 1.18. The SMILES string of the molecule is Nc1nc2c(ncn2[C@@H]2S[C@@H]3CO[P+](O)(S)O[C@H]4[C@H](F)[C@H](n5nnc6c(N)ncnc65)O[C@@H]4CO[P+](O)(S)O[C@@H]2C3)c(=O)[nH]1. The van der Waals surface area contributed by atoms with E-state index in [9.17, 15) is 14.6 Å². The topological polar surface area (TPSA) is 259 Å². The fourth-order valence-corrected chi connectivity index (χ4v) is 9.85. The van der Waals surface area contributed by atoms with Crippen LogP contribution in [0.3, 0.4) is 0 Å². The van der Waals surface area contributed by atoms with Crippen molar-refractivity contribution in [3.63, 3.8) is 0 Å². The van der Waals surface area contributed by atoms with Gasteiger partial charge in [-0.25, -0.2) is 19.3 Å². The summed E-state index contributed by atoms with van der Waals surface area (Å²) in [5.74, 6) is -0.0794. The third kappa shape index (κ3) is 5.62. The molecule has 2 unspecified atom stereocenters. The molecule has 7 N–H and O–H groups in total. The van der Waals surface area contributed by atoms with E-state index in [-0.39, 0.29) is 52.4 Å². The van der Waals surface area contributed by atoms with Gasteiger partial charge in [0.25, 0.3) is 5.56 Å². The van der Waals surface area contributed by atoms with Crippen molar-refractivity contribution in [2.45, 2.75) is 47.8 Å². The lowest BCUT2D eigenvalue weighted by atomic mass is 10.1. The van der Waals surface area contributed by atoms with Crippen molar-refractivity contribution in [2.24, 2.45) is 0 Å². The third-order valence-electron chi connectivity index (χ3n) is 7.03. The molecule has 0 saturated carbocycles. The molecule has 9 atom stereocenters. The van der Waals surface area contributed by atoms with Crippen LogP contribution in [0.25, 0.3) is 22.3 Å². The van der Waals surface area contributed by atoms with Gasteiger partial charge in [-0.2, -0.15) is 37.5 Å². The number of imidazole rings is 1. The molecule has 0 radical (unpaired) electrons. The fraction of sp³-hybridized carbons (Fsp3) is 0.526. The maximum atomic E-state index is 16.0. The molecule has 0 amide bonds. The van der Waals surface area contributed by atoms with Crippen molar-refractivity contribution in [1.29, 1.82) is 0 Å². The molecule has 4 aromatic rings. The van der Waals surface area contributed by atoms with E-state index in [0.29, 0.717) is 0 Å². The van der Waals surface area contributed by atoms with Crippen LogP contribution < -0.4 is 17.0 Å². The normalized spacial score (nSPS) is 36.6. The second-order valence-electron chi connectivity index (χ2n) is 9.92. The number of nitrogens with one attached hydrogen (secondary N) is 1. The summed E-state index contributed by atoms with van der Waals surface area (Å²) in [6.07, 6.45) is -4.07. The van der Waals surface area contributed by atoms with Crippen LogP contribution in [0.15, 0.2) is 17.4 Å². The quantitative estimate of drug-likeness (QED) is 0.112. The summed E-state index contributed by atoms with van der Waals surface area (Å²) in [4.78, 5) is 53.2. The molecule has 2 bridgehead atoms. The van der Waals surface area contributed by atoms with E-state index in [2.05, 4.69) is 59.7 Å². The van der Waals surface area contributed by atoms with Gasteiger partial charge < -0.3 is 16.2 Å². The fourth-order valence-electron chi connectivity index (χ4n) is 5.14. The summed E-state index contributed by atoms with van der Waals surface area (Å²) in [6.45, 7) is -0.591. The van der Waals surface area contributed by atoms with Crippen LogP contribution in [0, 0.1) is 0 Å². The lowest BCUT2D eigenvalue weighted by molar-refractivity contribution is -0.0491. The van der Waals surface area contributed by atoms with E-state index in [0.717, 1.165) is 11.0 Å². The van der Waals surface area contributed by atoms with Gasteiger partial charge in [-0.15, -0.1) is 16.9 Å². The minimum Gasteiger partial charge on any atom is -0.382 e. The number of aromatic nitrogens is 9. The first-order valence-corrected chi connectivity index (χ1v) is 19.1. The summed E-state index contributed by atoms with van der Waals surface area (Å²) in [6, 6.07) is 0. The summed E-state index contributed by atoms with van der Waals surface area (Å²) >= 11 is 9.80. The van der Waals surface area contributed by atoms with Crippen LogP contribution >= 0.6 is 50.5 Å². The molecular weight excluding hydrogens is 687 g/mol. The summed E-state index contributed by atoms with van der Waals surface area (Å²) < 4.78 is 47.6. The lowest BCUT2D eigenvalue weighted by Gasteiger charge is -2.23. The van der Waals surface area contributed by atoms with E-state index in [1.807, 2.05) is 0 Å². The predicted octanol–water partition coefficient (Wildman–Crippen LogP) is 0.775. The number of alkyl halides is 1. The Kier molecular flexibility index (Phi) is 7.90. The molecule has 0 spiro atoms. The Morgan fingerprint density at radius 1 is 1.07 bits per heavy atom. The molecule has 4 aromatic heterocycles. The molecule has 19 nitrogen and oxygen atoms in total. The monoisotopic (exact) mass is 711 g/mol. The average molecular weight is 712 g/mol. The van der Waals surface area contributed by atoms with Crippen LogP contribution in [0.4, 0.5) is 16.2 Å². The number of aromatic amines is 1. The van der Waals surface area contributed by atoms with Crippen molar-refractivity contribution in [2.75, 3.05) is 24.7 Å². The van der Waals surface area contributed by atoms with Crippen LogP contribution in [0.2, 0.25) is 0 Å². The highest BCUT2D eigenvalue weighted by molar-refractivity contribution is 8.47. The molecule has 3 fully saturated rings. The Hall–Kier alpha value is -2.01. The van der Waals surface area contributed by atoms with Gasteiger partial charge >= 0.3 is 14.3 Å². The second-order valence-corrected chi connectivity index (χ2v) is 17.3. The molecule has 44 heavy (non-hydrogen) atoms. The number of anilines is 2. The van der Waals surface area contributed by atoms with Crippen LogP contribution in [-0.4, -0.2) is 97.2 Å². The Labute approximate surface area is 261 Å². The average Bonchev–Trinajstić information content (AvgIpc) is 3.72. The van der Waals surface area contributed by atoms with Gasteiger partial charge in [0.2, 0.25) is 5.95 Å². The van der Waals surface area contributed by atoms with Crippen molar-refractivity contribution in [3.8, 4) is 0 Å². The smallest absolute Gasteiger partial charge is 0.382 e. The molecule has 25 heteroatoms. The van der Waals surface area contributed by atoms with Gasteiger partial charge in [0.05, 0.1) is 30.8 Å². The molecule has 236 valence electrons. The molecule has 0 aliphatic carbocycles. The van der Waals surface area contributed by atoms with E-state index in [4.69, 9.17) is 34.3 Å². The van der Waals surface area contributed by atoms with E-state index in [1.54, 1.807) is 4.57 Å². The number of hydrogen-bond acceptors (Lipinski definition) is 19. The number of halogens is 1. The van der Waals surface area contributed by atoms with Crippen molar-refractivity contribution in [1.82, 2.24) is 44.5 Å². The van der Waals surface area contributed by atoms with Gasteiger partial charge in [-0.1, -0.05) is 5.21 Å². The third-order valence-corrected chi connectivity index (χ3v) is 11.9. The zero-order valence-corrected chi connectivity index (χ0v) is 26.4. The Morgan fingerprint density at radius 2 is 1.84 bits per heavy atom. The number of ether oxygens (including phenoxy) is 1.